The highest BCUT2D eigenvalue weighted by atomic mass is 32.1. The highest BCUT2D eigenvalue weighted by Gasteiger charge is 2.12. The van der Waals surface area contributed by atoms with Crippen LogP contribution in [0.15, 0.2) is 41.8 Å². The van der Waals surface area contributed by atoms with E-state index in [1.54, 1.807) is 36.6 Å². The Hall–Kier alpha value is -2.21. The van der Waals surface area contributed by atoms with Crippen LogP contribution in [0.3, 0.4) is 0 Å². The van der Waals surface area contributed by atoms with E-state index in [4.69, 9.17) is 0 Å². The molecule has 1 heterocycles. The molecule has 0 radical (unpaired) electrons. The Morgan fingerprint density at radius 2 is 1.95 bits per heavy atom. The van der Waals surface area contributed by atoms with Gasteiger partial charge in [-0.15, -0.1) is 11.3 Å². The molecule has 2 amide bonds. The first-order valence-corrected chi connectivity index (χ1v) is 7.31. The molecule has 0 fully saturated rings. The highest BCUT2D eigenvalue weighted by Crippen LogP contribution is 2.12. The Balaban J connectivity index is 1.81. The van der Waals surface area contributed by atoms with E-state index >= 15 is 0 Å². The zero-order valence-corrected chi connectivity index (χ0v) is 12.2. The summed E-state index contributed by atoms with van der Waals surface area (Å²) < 4.78 is 12.8. The second kappa shape index (κ2) is 6.99. The zero-order valence-electron chi connectivity index (χ0n) is 11.4. The Bertz CT molecular complexity index is 611. The molecule has 1 atom stereocenters. The molecule has 0 saturated carbocycles. The first-order valence-electron chi connectivity index (χ1n) is 6.43. The lowest BCUT2D eigenvalue weighted by molar-refractivity contribution is -0.120. The van der Waals surface area contributed by atoms with E-state index in [0.29, 0.717) is 4.88 Å². The maximum atomic E-state index is 12.8. The van der Waals surface area contributed by atoms with Crippen molar-refractivity contribution in [3.8, 4) is 0 Å². The minimum atomic E-state index is -0.319. The van der Waals surface area contributed by atoms with Crippen LogP contribution in [0.5, 0.6) is 0 Å². The SMILES string of the molecule is CC(NC(=O)CNC(=O)c1cccs1)c1ccc(F)cc1. The normalized spacial score (nSPS) is 11.7. The minimum Gasteiger partial charge on any atom is -0.348 e. The van der Waals surface area contributed by atoms with Gasteiger partial charge in [-0.25, -0.2) is 4.39 Å². The van der Waals surface area contributed by atoms with Crippen molar-refractivity contribution in [2.45, 2.75) is 13.0 Å². The number of carbonyl (C=O) groups is 2. The van der Waals surface area contributed by atoms with Gasteiger partial charge in [-0.2, -0.15) is 0 Å². The first-order chi connectivity index (χ1) is 10.1. The molecule has 6 heteroatoms. The van der Waals surface area contributed by atoms with Gasteiger partial charge in [-0.1, -0.05) is 18.2 Å². The van der Waals surface area contributed by atoms with Gasteiger partial charge in [0.1, 0.15) is 5.82 Å². The molecular weight excluding hydrogens is 291 g/mol. The second-order valence-electron chi connectivity index (χ2n) is 4.50. The third-order valence-corrected chi connectivity index (χ3v) is 3.77. The van der Waals surface area contributed by atoms with E-state index < -0.39 is 0 Å². The van der Waals surface area contributed by atoms with Crippen LogP contribution < -0.4 is 10.6 Å². The van der Waals surface area contributed by atoms with Crippen molar-refractivity contribution in [3.05, 3.63) is 58.0 Å². The summed E-state index contributed by atoms with van der Waals surface area (Å²) in [4.78, 5) is 24.0. The lowest BCUT2D eigenvalue weighted by atomic mass is 10.1. The fraction of sp³-hybridized carbons (Fsp3) is 0.200. The standard InChI is InChI=1S/C15H15FN2O2S/c1-10(11-4-6-12(16)7-5-11)18-14(19)9-17-15(20)13-3-2-8-21-13/h2-8,10H,9H2,1H3,(H,17,20)(H,18,19). The number of benzene rings is 1. The van der Waals surface area contributed by atoms with E-state index in [2.05, 4.69) is 10.6 Å². The van der Waals surface area contributed by atoms with Gasteiger partial charge in [-0.3, -0.25) is 9.59 Å². The lowest BCUT2D eigenvalue weighted by Gasteiger charge is -2.14. The third-order valence-electron chi connectivity index (χ3n) is 2.90. The summed E-state index contributed by atoms with van der Waals surface area (Å²) in [6.07, 6.45) is 0. The summed E-state index contributed by atoms with van der Waals surface area (Å²) in [6, 6.07) is 9.13. The molecule has 4 nitrogen and oxygen atoms in total. The summed E-state index contributed by atoms with van der Waals surface area (Å²) in [5, 5.41) is 7.09. The van der Waals surface area contributed by atoms with E-state index in [1.165, 1.54) is 23.5 Å². The van der Waals surface area contributed by atoms with Gasteiger partial charge in [0.2, 0.25) is 5.91 Å². The summed E-state index contributed by atoms with van der Waals surface area (Å²) in [6.45, 7) is 1.70. The monoisotopic (exact) mass is 306 g/mol. The third kappa shape index (κ3) is 4.39. The molecule has 0 aliphatic rings. The van der Waals surface area contributed by atoms with Gasteiger partial charge in [0.05, 0.1) is 17.5 Å². The Labute approximate surface area is 126 Å². The van der Waals surface area contributed by atoms with Crippen LogP contribution in [0.2, 0.25) is 0 Å². The number of carbonyl (C=O) groups excluding carboxylic acids is 2. The maximum absolute atomic E-state index is 12.8. The molecule has 1 unspecified atom stereocenters. The molecule has 21 heavy (non-hydrogen) atoms. The minimum absolute atomic E-state index is 0.0950. The zero-order chi connectivity index (χ0) is 15.2. The van der Waals surface area contributed by atoms with Crippen molar-refractivity contribution in [1.82, 2.24) is 10.6 Å². The second-order valence-corrected chi connectivity index (χ2v) is 5.45. The summed E-state index contributed by atoms with van der Waals surface area (Å²) in [5.41, 5.74) is 0.800. The van der Waals surface area contributed by atoms with Crippen molar-refractivity contribution in [2.24, 2.45) is 0 Å². The van der Waals surface area contributed by atoms with Crippen molar-refractivity contribution in [1.29, 1.82) is 0 Å². The van der Waals surface area contributed by atoms with Gasteiger partial charge in [0.25, 0.3) is 5.91 Å². The average molecular weight is 306 g/mol. The number of hydrogen-bond acceptors (Lipinski definition) is 3. The van der Waals surface area contributed by atoms with Crippen LogP contribution >= 0.6 is 11.3 Å². The predicted molar refractivity (Wildman–Crippen MR) is 79.6 cm³/mol. The van der Waals surface area contributed by atoms with E-state index in [9.17, 15) is 14.0 Å². The Kier molecular flexibility index (Phi) is 5.05. The molecule has 0 spiro atoms. The van der Waals surface area contributed by atoms with E-state index in [-0.39, 0.29) is 30.2 Å². The van der Waals surface area contributed by atoms with Gasteiger partial charge >= 0.3 is 0 Å². The molecule has 2 rings (SSSR count). The fourth-order valence-corrected chi connectivity index (χ4v) is 2.42. The summed E-state index contributed by atoms with van der Waals surface area (Å²) >= 11 is 1.32. The van der Waals surface area contributed by atoms with Crippen LogP contribution in [0.25, 0.3) is 0 Å². The quantitative estimate of drug-likeness (QED) is 0.891. The largest absolute Gasteiger partial charge is 0.348 e. The van der Waals surface area contributed by atoms with Crippen molar-refractivity contribution >= 4 is 23.2 Å². The van der Waals surface area contributed by atoms with Crippen molar-refractivity contribution in [3.63, 3.8) is 0 Å². The highest BCUT2D eigenvalue weighted by molar-refractivity contribution is 7.12. The van der Waals surface area contributed by atoms with Crippen molar-refractivity contribution < 1.29 is 14.0 Å². The number of halogens is 1. The number of amides is 2. The fourth-order valence-electron chi connectivity index (χ4n) is 1.78. The van der Waals surface area contributed by atoms with Crippen LogP contribution in [-0.4, -0.2) is 18.4 Å². The average Bonchev–Trinajstić information content (AvgIpc) is 2.99. The maximum Gasteiger partial charge on any atom is 0.261 e. The van der Waals surface area contributed by atoms with E-state index in [0.717, 1.165) is 5.56 Å². The molecular formula is C15H15FN2O2S. The topological polar surface area (TPSA) is 58.2 Å². The molecule has 0 aliphatic heterocycles. The number of thiophene rings is 1. The van der Waals surface area contributed by atoms with Crippen LogP contribution in [0.4, 0.5) is 4.39 Å². The van der Waals surface area contributed by atoms with Gasteiger partial charge in [0.15, 0.2) is 0 Å². The number of hydrogen-bond donors (Lipinski definition) is 2. The summed E-state index contributed by atoms with van der Waals surface area (Å²) in [5.74, 6) is -0.883. The molecule has 0 saturated heterocycles. The predicted octanol–water partition coefficient (Wildman–Crippen LogP) is 2.49. The molecule has 0 aliphatic carbocycles. The smallest absolute Gasteiger partial charge is 0.261 e. The Morgan fingerprint density at radius 1 is 1.24 bits per heavy atom. The van der Waals surface area contributed by atoms with Crippen molar-refractivity contribution in [2.75, 3.05) is 6.54 Å². The number of rotatable bonds is 5. The number of nitrogens with one attached hydrogen (secondary N) is 2. The first kappa shape index (κ1) is 15.2. The molecule has 2 aromatic rings. The van der Waals surface area contributed by atoms with E-state index in [1.807, 2.05) is 0 Å². The molecule has 1 aromatic carbocycles. The molecule has 110 valence electrons. The molecule has 2 N–H and O–H groups in total. The van der Waals surface area contributed by atoms with Crippen LogP contribution in [-0.2, 0) is 4.79 Å². The van der Waals surface area contributed by atoms with Gasteiger partial charge in [-0.05, 0) is 36.1 Å². The molecule has 0 bridgehead atoms. The van der Waals surface area contributed by atoms with Crippen LogP contribution in [0.1, 0.15) is 28.2 Å². The summed E-state index contributed by atoms with van der Waals surface area (Å²) in [7, 11) is 0. The Morgan fingerprint density at radius 3 is 2.57 bits per heavy atom. The van der Waals surface area contributed by atoms with Gasteiger partial charge < -0.3 is 10.6 Å². The lowest BCUT2D eigenvalue weighted by Crippen LogP contribution is -2.37. The molecule has 1 aromatic heterocycles. The van der Waals surface area contributed by atoms with Crippen LogP contribution in [0, 0.1) is 5.82 Å². The van der Waals surface area contributed by atoms with Gasteiger partial charge in [0, 0.05) is 0 Å².